The molecule has 29 heavy (non-hydrogen) atoms. The van der Waals surface area contributed by atoms with Crippen LogP contribution in [0.4, 0.5) is 0 Å². The van der Waals surface area contributed by atoms with E-state index in [-0.39, 0.29) is 5.78 Å². The van der Waals surface area contributed by atoms with Crippen molar-refractivity contribution in [3.05, 3.63) is 59.5 Å². The Morgan fingerprint density at radius 3 is 2.62 bits per heavy atom. The second-order valence-electron chi connectivity index (χ2n) is 6.34. The van der Waals surface area contributed by atoms with Gasteiger partial charge >= 0.3 is 0 Å². The number of nitrogens with zero attached hydrogens (tertiary/aromatic N) is 2. The van der Waals surface area contributed by atoms with Crippen LogP contribution in [-0.4, -0.2) is 36.2 Å². The Kier molecular flexibility index (Phi) is 6.97. The molecule has 0 spiro atoms. The maximum atomic E-state index is 12.3. The molecule has 0 aliphatic carbocycles. The zero-order valence-corrected chi connectivity index (χ0v) is 16.8. The summed E-state index contributed by atoms with van der Waals surface area (Å²) in [6, 6.07) is 13.1. The van der Waals surface area contributed by atoms with Gasteiger partial charge in [-0.25, -0.2) is 0 Å². The van der Waals surface area contributed by atoms with E-state index in [4.69, 9.17) is 18.7 Å². The Labute approximate surface area is 169 Å². The van der Waals surface area contributed by atoms with E-state index in [0.717, 1.165) is 5.56 Å². The molecule has 0 amide bonds. The summed E-state index contributed by atoms with van der Waals surface area (Å²) in [6.07, 6.45) is 0.506. The van der Waals surface area contributed by atoms with Crippen LogP contribution in [0.1, 0.15) is 35.7 Å². The van der Waals surface area contributed by atoms with Crippen molar-refractivity contribution in [2.45, 2.75) is 26.9 Å². The van der Waals surface area contributed by atoms with Crippen LogP contribution < -0.4 is 9.47 Å². The molecule has 3 rings (SSSR count). The van der Waals surface area contributed by atoms with Gasteiger partial charge in [-0.3, -0.25) is 4.79 Å². The summed E-state index contributed by atoms with van der Waals surface area (Å²) >= 11 is 0. The van der Waals surface area contributed by atoms with Crippen LogP contribution in [0.15, 0.2) is 47.0 Å². The zero-order valence-electron chi connectivity index (χ0n) is 16.8. The minimum atomic E-state index is -0.132. The quantitative estimate of drug-likeness (QED) is 0.377. The van der Waals surface area contributed by atoms with Gasteiger partial charge in [-0.1, -0.05) is 35.5 Å². The highest BCUT2D eigenvalue weighted by atomic mass is 16.5. The predicted molar refractivity (Wildman–Crippen MR) is 107 cm³/mol. The molecule has 7 heteroatoms. The molecule has 0 bridgehead atoms. The number of carbonyl (C=O) groups is 1. The third kappa shape index (κ3) is 5.20. The van der Waals surface area contributed by atoms with Gasteiger partial charge in [-0.2, -0.15) is 4.98 Å². The fourth-order valence-electron chi connectivity index (χ4n) is 2.81. The van der Waals surface area contributed by atoms with Gasteiger partial charge in [0.1, 0.15) is 6.61 Å². The number of rotatable bonds is 10. The number of aromatic nitrogens is 2. The van der Waals surface area contributed by atoms with Gasteiger partial charge in [0.15, 0.2) is 17.3 Å². The van der Waals surface area contributed by atoms with Gasteiger partial charge in [0.25, 0.3) is 0 Å². The van der Waals surface area contributed by atoms with Crippen LogP contribution in [0.2, 0.25) is 0 Å². The van der Waals surface area contributed by atoms with Gasteiger partial charge in [-0.15, -0.1) is 0 Å². The number of carbonyl (C=O) groups excluding carboxylic acids is 1. The fraction of sp³-hybridized carbons (Fsp3) is 0.318. The fourth-order valence-corrected chi connectivity index (χ4v) is 2.81. The average molecular weight is 396 g/mol. The third-order valence-electron chi connectivity index (χ3n) is 4.29. The number of ether oxygens (including phenoxy) is 3. The van der Waals surface area contributed by atoms with Crippen molar-refractivity contribution < 1.29 is 23.5 Å². The number of Topliss-reactive ketones (excluding diaryl/α,β-unsaturated/α-hetero) is 1. The van der Waals surface area contributed by atoms with E-state index in [1.165, 1.54) is 6.92 Å². The lowest BCUT2D eigenvalue weighted by Crippen LogP contribution is -2.03. The first-order chi connectivity index (χ1) is 14.1. The van der Waals surface area contributed by atoms with Gasteiger partial charge in [0.2, 0.25) is 11.7 Å². The smallest absolute Gasteiger partial charge is 0.229 e. The lowest BCUT2D eigenvalue weighted by Gasteiger charge is -2.14. The van der Waals surface area contributed by atoms with Crippen molar-refractivity contribution in [3.63, 3.8) is 0 Å². The normalized spacial score (nSPS) is 10.7. The molecule has 152 valence electrons. The Morgan fingerprint density at radius 1 is 1.14 bits per heavy atom. The van der Waals surface area contributed by atoms with Crippen molar-refractivity contribution in [1.82, 2.24) is 10.1 Å². The molecular formula is C22H24N2O5. The van der Waals surface area contributed by atoms with Crippen molar-refractivity contribution in [3.8, 4) is 22.9 Å². The summed E-state index contributed by atoms with van der Waals surface area (Å²) in [7, 11) is 1.55. The second-order valence-corrected chi connectivity index (χ2v) is 6.34. The summed E-state index contributed by atoms with van der Waals surface area (Å²) in [4.78, 5) is 16.7. The number of methoxy groups -OCH3 is 1. The van der Waals surface area contributed by atoms with Gasteiger partial charge in [0, 0.05) is 17.7 Å². The molecule has 2 aromatic carbocycles. The monoisotopic (exact) mass is 396 g/mol. The minimum absolute atomic E-state index is 0.132. The number of hydrogen-bond donors (Lipinski definition) is 0. The van der Waals surface area contributed by atoms with Crippen LogP contribution in [0.25, 0.3) is 11.4 Å². The Balaban J connectivity index is 1.88. The number of ketones is 1. The van der Waals surface area contributed by atoms with Crippen molar-refractivity contribution in [2.75, 3.05) is 20.3 Å². The molecule has 0 N–H and O–H groups in total. The number of benzene rings is 2. The molecule has 0 atom stereocenters. The summed E-state index contributed by atoms with van der Waals surface area (Å²) in [5.74, 6) is 1.61. The summed E-state index contributed by atoms with van der Waals surface area (Å²) in [5.41, 5.74) is 1.99. The zero-order chi connectivity index (χ0) is 20.6. The van der Waals surface area contributed by atoms with Crippen LogP contribution in [0.5, 0.6) is 11.5 Å². The predicted octanol–water partition coefficient (Wildman–Crippen LogP) is 4.11. The largest absolute Gasteiger partial charge is 0.493 e. The summed E-state index contributed by atoms with van der Waals surface area (Å²) < 4.78 is 22.0. The summed E-state index contributed by atoms with van der Waals surface area (Å²) in [6.45, 7) is 4.89. The maximum Gasteiger partial charge on any atom is 0.229 e. The van der Waals surface area contributed by atoms with Crippen molar-refractivity contribution in [2.24, 2.45) is 0 Å². The van der Waals surface area contributed by atoms with E-state index in [9.17, 15) is 4.79 Å². The molecule has 0 saturated carbocycles. The number of hydrogen-bond acceptors (Lipinski definition) is 7. The van der Waals surface area contributed by atoms with Crippen LogP contribution >= 0.6 is 0 Å². The molecule has 0 saturated heterocycles. The summed E-state index contributed by atoms with van der Waals surface area (Å²) in [5, 5.41) is 4.02. The first-order valence-corrected chi connectivity index (χ1v) is 9.42. The van der Waals surface area contributed by atoms with Crippen LogP contribution in [0, 0.1) is 0 Å². The molecule has 1 aromatic heterocycles. The average Bonchev–Trinajstić information content (AvgIpc) is 3.21. The van der Waals surface area contributed by atoms with E-state index >= 15 is 0 Å². The first-order valence-electron chi connectivity index (χ1n) is 9.42. The van der Waals surface area contributed by atoms with Crippen LogP contribution in [0.3, 0.4) is 0 Å². The molecule has 0 unspecified atom stereocenters. The van der Waals surface area contributed by atoms with Crippen LogP contribution in [-0.2, 0) is 17.8 Å². The molecule has 0 aliphatic heterocycles. The first kappa shape index (κ1) is 20.5. The maximum absolute atomic E-state index is 12.3. The Bertz CT molecular complexity index is 953. The SMILES string of the molecule is CCOCCc1nc(-c2cc(OC)c(OCc3ccccc3)cc2C(C)=O)no1. The minimum Gasteiger partial charge on any atom is -0.493 e. The van der Waals surface area contributed by atoms with Gasteiger partial charge in [0.05, 0.1) is 20.1 Å². The van der Waals surface area contributed by atoms with Crippen molar-refractivity contribution in [1.29, 1.82) is 0 Å². The van der Waals surface area contributed by atoms with E-state index in [1.807, 2.05) is 37.3 Å². The molecule has 7 nitrogen and oxygen atoms in total. The van der Waals surface area contributed by atoms with Crippen molar-refractivity contribution >= 4 is 5.78 Å². The lowest BCUT2D eigenvalue weighted by atomic mass is 10.0. The van der Waals surface area contributed by atoms with E-state index < -0.39 is 0 Å². The molecule has 1 heterocycles. The topological polar surface area (TPSA) is 83.7 Å². The van der Waals surface area contributed by atoms with E-state index in [1.54, 1.807) is 19.2 Å². The standard InChI is InChI=1S/C22H24N2O5/c1-4-27-11-10-21-23-22(24-29-21)18-13-19(26-3)20(12-17(18)15(2)25)28-14-16-8-6-5-7-9-16/h5-9,12-13H,4,10-11,14H2,1-3H3. The Hall–Kier alpha value is -3.19. The molecule has 0 fully saturated rings. The third-order valence-corrected chi connectivity index (χ3v) is 4.29. The van der Waals surface area contributed by atoms with E-state index in [2.05, 4.69) is 10.1 Å². The molecule has 3 aromatic rings. The van der Waals surface area contributed by atoms with Gasteiger partial charge < -0.3 is 18.7 Å². The molecule has 0 radical (unpaired) electrons. The molecular weight excluding hydrogens is 372 g/mol. The highest BCUT2D eigenvalue weighted by Gasteiger charge is 2.20. The lowest BCUT2D eigenvalue weighted by molar-refractivity contribution is 0.101. The van der Waals surface area contributed by atoms with E-state index in [0.29, 0.717) is 60.6 Å². The van der Waals surface area contributed by atoms with Gasteiger partial charge in [-0.05, 0) is 31.5 Å². The highest BCUT2D eigenvalue weighted by Crippen LogP contribution is 2.35. The Morgan fingerprint density at radius 2 is 1.93 bits per heavy atom. The second kappa shape index (κ2) is 9.84. The molecule has 0 aliphatic rings. The highest BCUT2D eigenvalue weighted by molar-refractivity contribution is 6.01.